The first kappa shape index (κ1) is 19.2. The molecule has 0 spiro atoms. The molecular weight excluding hydrogens is 425 g/mol. The SMILES string of the molecule is O=C(OCc1ccccc1)C1(C2CCCCCCC2)CC(I)CCN1. The van der Waals surface area contributed by atoms with Crippen LogP contribution in [0.4, 0.5) is 0 Å². The van der Waals surface area contributed by atoms with Crippen LogP contribution in [-0.2, 0) is 16.1 Å². The predicted molar refractivity (Wildman–Crippen MR) is 110 cm³/mol. The van der Waals surface area contributed by atoms with Gasteiger partial charge >= 0.3 is 5.97 Å². The van der Waals surface area contributed by atoms with Crippen LogP contribution in [0, 0.1) is 5.92 Å². The van der Waals surface area contributed by atoms with Gasteiger partial charge in [-0.1, -0.05) is 85.0 Å². The first-order chi connectivity index (χ1) is 12.2. The van der Waals surface area contributed by atoms with Crippen LogP contribution in [0.15, 0.2) is 30.3 Å². The molecule has 1 aliphatic heterocycles. The second kappa shape index (κ2) is 9.36. The standard InChI is InChI=1S/C21H30INO2/c22-19-13-14-23-21(15-19,18-11-7-2-1-3-8-12-18)20(24)25-16-17-9-5-4-6-10-17/h4-6,9-10,18-19,23H,1-3,7-8,11-16H2. The van der Waals surface area contributed by atoms with E-state index in [0.29, 0.717) is 16.4 Å². The normalized spacial score (nSPS) is 28.8. The fourth-order valence-electron chi connectivity index (χ4n) is 4.41. The van der Waals surface area contributed by atoms with Crippen molar-refractivity contribution in [1.82, 2.24) is 5.32 Å². The fourth-order valence-corrected chi connectivity index (χ4v) is 5.42. The van der Waals surface area contributed by atoms with Gasteiger partial charge in [-0.05, 0) is 43.7 Å². The third-order valence-electron chi connectivity index (χ3n) is 5.82. The second-order valence-electron chi connectivity index (χ2n) is 7.59. The number of esters is 1. The van der Waals surface area contributed by atoms with Crippen LogP contribution < -0.4 is 5.32 Å². The Morgan fingerprint density at radius 2 is 1.76 bits per heavy atom. The number of piperidine rings is 1. The summed E-state index contributed by atoms with van der Waals surface area (Å²) in [6.45, 7) is 1.30. The maximum absolute atomic E-state index is 13.2. The molecule has 1 heterocycles. The monoisotopic (exact) mass is 455 g/mol. The summed E-state index contributed by atoms with van der Waals surface area (Å²) in [5, 5.41) is 3.64. The Bertz CT molecular complexity index is 542. The van der Waals surface area contributed by atoms with Gasteiger partial charge in [0.1, 0.15) is 12.1 Å². The summed E-state index contributed by atoms with van der Waals surface area (Å²) >= 11 is 2.52. The molecule has 1 aliphatic carbocycles. The fraction of sp³-hybridized carbons (Fsp3) is 0.667. The van der Waals surface area contributed by atoms with Crippen LogP contribution in [0.1, 0.15) is 63.4 Å². The van der Waals surface area contributed by atoms with Gasteiger partial charge in [-0.15, -0.1) is 0 Å². The Kier molecular flexibility index (Phi) is 7.17. The highest BCUT2D eigenvalue weighted by Crippen LogP contribution is 2.39. The number of ether oxygens (including phenoxy) is 1. The van der Waals surface area contributed by atoms with E-state index in [-0.39, 0.29) is 5.97 Å². The summed E-state index contributed by atoms with van der Waals surface area (Å²) in [6.07, 6.45) is 10.8. The molecule has 0 amide bonds. The molecule has 2 unspecified atom stereocenters. The smallest absolute Gasteiger partial charge is 0.326 e. The average Bonchev–Trinajstić information content (AvgIpc) is 2.60. The molecule has 138 valence electrons. The number of rotatable bonds is 4. The van der Waals surface area contributed by atoms with Crippen molar-refractivity contribution in [3.63, 3.8) is 0 Å². The number of alkyl halides is 1. The molecule has 2 atom stereocenters. The van der Waals surface area contributed by atoms with Crippen molar-refractivity contribution in [3.8, 4) is 0 Å². The first-order valence-corrected chi connectivity index (χ1v) is 11.1. The highest BCUT2D eigenvalue weighted by atomic mass is 127. The Balaban J connectivity index is 1.74. The summed E-state index contributed by atoms with van der Waals surface area (Å²) in [6, 6.07) is 10.0. The van der Waals surface area contributed by atoms with Gasteiger partial charge in [-0.3, -0.25) is 4.79 Å². The van der Waals surface area contributed by atoms with Gasteiger partial charge in [0.25, 0.3) is 0 Å². The van der Waals surface area contributed by atoms with Gasteiger partial charge in [0, 0.05) is 3.92 Å². The van der Waals surface area contributed by atoms with Gasteiger partial charge in [-0.2, -0.15) is 0 Å². The third kappa shape index (κ3) is 4.97. The Labute approximate surface area is 165 Å². The average molecular weight is 455 g/mol. The van der Waals surface area contributed by atoms with E-state index in [9.17, 15) is 4.79 Å². The lowest BCUT2D eigenvalue weighted by atomic mass is 9.72. The van der Waals surface area contributed by atoms with Crippen LogP contribution >= 0.6 is 22.6 Å². The molecule has 0 bridgehead atoms. The lowest BCUT2D eigenvalue weighted by Crippen LogP contribution is -2.62. The summed E-state index contributed by atoms with van der Waals surface area (Å²) in [4.78, 5) is 13.2. The zero-order valence-corrected chi connectivity index (χ0v) is 17.2. The quantitative estimate of drug-likeness (QED) is 0.394. The van der Waals surface area contributed by atoms with E-state index >= 15 is 0 Å². The van der Waals surface area contributed by atoms with Crippen molar-refractivity contribution in [2.75, 3.05) is 6.54 Å². The van der Waals surface area contributed by atoms with E-state index in [4.69, 9.17) is 4.74 Å². The number of hydrogen-bond acceptors (Lipinski definition) is 3. The lowest BCUT2D eigenvalue weighted by molar-refractivity contribution is -0.157. The minimum atomic E-state index is -0.476. The molecule has 0 aromatic heterocycles. The highest BCUT2D eigenvalue weighted by molar-refractivity contribution is 14.1. The molecule has 25 heavy (non-hydrogen) atoms. The molecule has 2 aliphatic rings. The van der Waals surface area contributed by atoms with Gasteiger partial charge in [0.15, 0.2) is 0 Å². The molecule has 2 fully saturated rings. The molecule has 3 rings (SSSR count). The highest BCUT2D eigenvalue weighted by Gasteiger charge is 2.49. The van der Waals surface area contributed by atoms with E-state index in [0.717, 1.165) is 37.8 Å². The van der Waals surface area contributed by atoms with E-state index in [1.807, 2.05) is 30.3 Å². The number of hydrogen-bond donors (Lipinski definition) is 1. The van der Waals surface area contributed by atoms with E-state index < -0.39 is 5.54 Å². The van der Waals surface area contributed by atoms with Gasteiger partial charge in [0.2, 0.25) is 0 Å². The number of carbonyl (C=O) groups excluding carboxylic acids is 1. The molecule has 1 aromatic carbocycles. The van der Waals surface area contributed by atoms with Crippen molar-refractivity contribution in [2.45, 2.75) is 73.9 Å². The Hall–Kier alpha value is -0.620. The minimum Gasteiger partial charge on any atom is -0.459 e. The topological polar surface area (TPSA) is 38.3 Å². The first-order valence-electron chi connectivity index (χ1n) is 9.81. The van der Waals surface area contributed by atoms with Crippen molar-refractivity contribution in [2.24, 2.45) is 5.92 Å². The molecule has 3 nitrogen and oxygen atoms in total. The van der Waals surface area contributed by atoms with E-state index in [1.165, 1.54) is 32.1 Å². The van der Waals surface area contributed by atoms with Gasteiger partial charge in [-0.25, -0.2) is 0 Å². The van der Waals surface area contributed by atoms with Crippen molar-refractivity contribution in [3.05, 3.63) is 35.9 Å². The Morgan fingerprint density at radius 1 is 1.08 bits per heavy atom. The molecule has 1 saturated carbocycles. The Morgan fingerprint density at radius 3 is 2.44 bits per heavy atom. The maximum Gasteiger partial charge on any atom is 0.326 e. The summed E-state index contributed by atoms with van der Waals surface area (Å²) in [7, 11) is 0. The molecule has 1 saturated heterocycles. The minimum absolute atomic E-state index is 0.0247. The maximum atomic E-state index is 13.2. The van der Waals surface area contributed by atoms with Crippen molar-refractivity contribution in [1.29, 1.82) is 0 Å². The summed E-state index contributed by atoms with van der Waals surface area (Å²) < 4.78 is 6.39. The van der Waals surface area contributed by atoms with Gasteiger partial charge < -0.3 is 10.1 Å². The van der Waals surface area contributed by atoms with Crippen molar-refractivity contribution >= 4 is 28.6 Å². The zero-order valence-electron chi connectivity index (χ0n) is 15.0. The van der Waals surface area contributed by atoms with Crippen LogP contribution in [0.25, 0.3) is 0 Å². The predicted octanol–water partition coefficient (Wildman–Crippen LogP) is 5.02. The largest absolute Gasteiger partial charge is 0.459 e. The number of carbonyl (C=O) groups is 1. The van der Waals surface area contributed by atoms with Crippen LogP contribution in [0.5, 0.6) is 0 Å². The van der Waals surface area contributed by atoms with E-state index in [2.05, 4.69) is 27.9 Å². The molecule has 0 radical (unpaired) electrons. The van der Waals surface area contributed by atoms with Crippen LogP contribution in [0.3, 0.4) is 0 Å². The number of benzene rings is 1. The number of nitrogens with one attached hydrogen (secondary N) is 1. The zero-order chi connectivity index (χ0) is 17.5. The van der Waals surface area contributed by atoms with Gasteiger partial charge in [0.05, 0.1) is 0 Å². The van der Waals surface area contributed by atoms with Crippen molar-refractivity contribution < 1.29 is 9.53 Å². The van der Waals surface area contributed by atoms with E-state index in [1.54, 1.807) is 0 Å². The molecular formula is C21H30INO2. The number of halogens is 1. The lowest BCUT2D eigenvalue weighted by Gasteiger charge is -2.44. The summed E-state index contributed by atoms with van der Waals surface area (Å²) in [5.41, 5.74) is 0.585. The van der Waals surface area contributed by atoms with Crippen LogP contribution in [-0.4, -0.2) is 22.0 Å². The molecule has 1 N–H and O–H groups in total. The second-order valence-corrected chi connectivity index (χ2v) is 9.35. The molecule has 1 aromatic rings. The summed E-state index contributed by atoms with van der Waals surface area (Å²) in [5.74, 6) is 0.386. The molecule has 4 heteroatoms. The van der Waals surface area contributed by atoms with Crippen LogP contribution in [0.2, 0.25) is 0 Å². The third-order valence-corrected chi connectivity index (χ3v) is 6.88.